The summed E-state index contributed by atoms with van der Waals surface area (Å²) in [6.07, 6.45) is 5.48. The van der Waals surface area contributed by atoms with E-state index in [1.165, 1.54) is 10.4 Å². The van der Waals surface area contributed by atoms with Crippen molar-refractivity contribution in [3.63, 3.8) is 0 Å². The maximum Gasteiger partial charge on any atom is 0.154 e. The lowest BCUT2D eigenvalue weighted by Crippen LogP contribution is -2.21. The molecule has 0 N–H and O–H groups in total. The summed E-state index contributed by atoms with van der Waals surface area (Å²) in [4.78, 5) is 12.3. The van der Waals surface area contributed by atoms with Crippen molar-refractivity contribution in [1.29, 1.82) is 0 Å². The van der Waals surface area contributed by atoms with Crippen LogP contribution in [-0.4, -0.2) is 35.6 Å². The molecular formula is C22H23N3O2S. The van der Waals surface area contributed by atoms with Gasteiger partial charge in [0, 0.05) is 47.3 Å². The van der Waals surface area contributed by atoms with Crippen molar-refractivity contribution in [1.82, 2.24) is 14.9 Å². The molecule has 3 aromatic heterocycles. The Hall–Kier alpha value is -2.70. The van der Waals surface area contributed by atoms with Gasteiger partial charge in [0.2, 0.25) is 0 Å². The van der Waals surface area contributed by atoms with Crippen molar-refractivity contribution in [3.8, 4) is 11.5 Å². The summed E-state index contributed by atoms with van der Waals surface area (Å²) in [6.45, 7) is 4.92. The predicted molar refractivity (Wildman–Crippen MR) is 114 cm³/mol. The first-order valence-corrected chi connectivity index (χ1v) is 10.1. The van der Waals surface area contributed by atoms with E-state index in [-0.39, 0.29) is 0 Å². The van der Waals surface area contributed by atoms with E-state index < -0.39 is 0 Å². The number of fused-ring (bicyclic) bond motifs is 2. The zero-order chi connectivity index (χ0) is 19.5. The third-order valence-electron chi connectivity index (χ3n) is 4.89. The quantitative estimate of drug-likeness (QED) is 0.448. The lowest BCUT2D eigenvalue weighted by molar-refractivity contribution is 0.274. The van der Waals surface area contributed by atoms with Gasteiger partial charge in [0.25, 0.3) is 0 Å². The second-order valence-electron chi connectivity index (χ2n) is 6.58. The molecule has 0 saturated heterocycles. The highest BCUT2D eigenvalue weighted by atomic mass is 32.1. The molecule has 0 fully saturated rings. The standard InChI is InChI=1S/C22H23N3O2S/c1-4-25(13-15-7-10-23-11-8-15)14-16-12-18-20(26-2)19-17(6-5-9-24-19)21(27-3)22(18)28-16/h5-12H,4,13-14H2,1-3H3. The molecule has 0 saturated carbocycles. The van der Waals surface area contributed by atoms with E-state index in [0.29, 0.717) is 0 Å². The minimum Gasteiger partial charge on any atom is -0.495 e. The fourth-order valence-corrected chi connectivity index (χ4v) is 4.77. The van der Waals surface area contributed by atoms with Gasteiger partial charge in [0.1, 0.15) is 11.3 Å². The van der Waals surface area contributed by atoms with Gasteiger partial charge < -0.3 is 9.47 Å². The van der Waals surface area contributed by atoms with Gasteiger partial charge in [0.15, 0.2) is 5.75 Å². The predicted octanol–water partition coefficient (Wildman–Crippen LogP) is 4.88. The van der Waals surface area contributed by atoms with Crippen LogP contribution < -0.4 is 9.47 Å². The molecule has 4 rings (SSSR count). The number of pyridine rings is 2. The van der Waals surface area contributed by atoms with E-state index >= 15 is 0 Å². The number of rotatable bonds is 7. The zero-order valence-corrected chi connectivity index (χ0v) is 17.1. The fraction of sp³-hybridized carbons (Fsp3) is 0.273. The van der Waals surface area contributed by atoms with Crippen molar-refractivity contribution in [2.24, 2.45) is 0 Å². The van der Waals surface area contributed by atoms with Gasteiger partial charge in [-0.15, -0.1) is 11.3 Å². The smallest absolute Gasteiger partial charge is 0.154 e. The Morgan fingerprint density at radius 3 is 2.46 bits per heavy atom. The molecule has 0 radical (unpaired) electrons. The number of methoxy groups -OCH3 is 2. The van der Waals surface area contributed by atoms with E-state index in [1.807, 2.05) is 24.5 Å². The molecule has 0 aliphatic heterocycles. The Bertz CT molecular complexity index is 1030. The first-order valence-electron chi connectivity index (χ1n) is 9.27. The molecule has 0 unspecified atom stereocenters. The van der Waals surface area contributed by atoms with E-state index in [4.69, 9.17) is 9.47 Å². The van der Waals surface area contributed by atoms with Crippen LogP contribution >= 0.6 is 11.3 Å². The minimum absolute atomic E-state index is 0.811. The second-order valence-corrected chi connectivity index (χ2v) is 7.72. The maximum absolute atomic E-state index is 5.77. The van der Waals surface area contributed by atoms with Crippen molar-refractivity contribution in [3.05, 3.63) is 59.4 Å². The minimum atomic E-state index is 0.811. The highest BCUT2D eigenvalue weighted by Gasteiger charge is 2.19. The third kappa shape index (κ3) is 3.41. The van der Waals surface area contributed by atoms with Gasteiger partial charge in [0.05, 0.1) is 18.9 Å². The van der Waals surface area contributed by atoms with Gasteiger partial charge in [-0.2, -0.15) is 0 Å². The largest absolute Gasteiger partial charge is 0.495 e. The number of ether oxygens (including phenoxy) is 2. The molecule has 6 heteroatoms. The van der Waals surface area contributed by atoms with E-state index in [0.717, 1.165) is 52.1 Å². The molecular weight excluding hydrogens is 370 g/mol. The molecule has 144 valence electrons. The Balaban J connectivity index is 1.75. The fourth-order valence-electron chi connectivity index (χ4n) is 3.53. The molecule has 0 atom stereocenters. The van der Waals surface area contributed by atoms with Crippen LogP contribution in [0.4, 0.5) is 0 Å². The SMILES string of the molecule is CCN(Cc1ccncc1)Cc1cc2c(OC)c3ncccc3c(OC)c2s1. The Morgan fingerprint density at radius 1 is 0.964 bits per heavy atom. The number of hydrogen-bond donors (Lipinski definition) is 0. The second kappa shape index (κ2) is 8.12. The van der Waals surface area contributed by atoms with Crippen LogP contribution in [0.3, 0.4) is 0 Å². The van der Waals surface area contributed by atoms with E-state index in [2.05, 4.69) is 40.0 Å². The normalized spacial score (nSPS) is 11.4. The highest BCUT2D eigenvalue weighted by molar-refractivity contribution is 7.19. The van der Waals surface area contributed by atoms with Crippen LogP contribution in [0.25, 0.3) is 21.0 Å². The van der Waals surface area contributed by atoms with Crippen LogP contribution in [0, 0.1) is 0 Å². The van der Waals surface area contributed by atoms with Gasteiger partial charge in [-0.1, -0.05) is 6.92 Å². The first-order chi connectivity index (χ1) is 13.7. The van der Waals surface area contributed by atoms with Gasteiger partial charge in [-0.05, 0) is 42.4 Å². The van der Waals surface area contributed by atoms with E-state index in [1.54, 1.807) is 31.8 Å². The lowest BCUT2D eigenvalue weighted by atomic mass is 10.1. The highest BCUT2D eigenvalue weighted by Crippen LogP contribution is 2.45. The molecule has 0 bridgehead atoms. The first kappa shape index (κ1) is 18.7. The molecule has 3 heterocycles. The monoisotopic (exact) mass is 393 g/mol. The topological polar surface area (TPSA) is 47.5 Å². The summed E-state index contributed by atoms with van der Waals surface area (Å²) in [5.41, 5.74) is 2.10. The van der Waals surface area contributed by atoms with Crippen molar-refractivity contribution < 1.29 is 9.47 Å². The van der Waals surface area contributed by atoms with E-state index in [9.17, 15) is 0 Å². The summed E-state index contributed by atoms with van der Waals surface area (Å²) in [7, 11) is 3.42. The number of thiophene rings is 1. The molecule has 0 amide bonds. The molecule has 5 nitrogen and oxygen atoms in total. The molecule has 0 aliphatic carbocycles. The van der Waals surface area contributed by atoms with Crippen molar-refractivity contribution >= 4 is 32.3 Å². The van der Waals surface area contributed by atoms with Crippen LogP contribution in [0.5, 0.6) is 11.5 Å². The molecule has 1 aromatic carbocycles. The van der Waals surface area contributed by atoms with Crippen molar-refractivity contribution in [2.45, 2.75) is 20.0 Å². The number of benzene rings is 1. The van der Waals surface area contributed by atoms with Crippen LogP contribution in [-0.2, 0) is 13.1 Å². The summed E-state index contributed by atoms with van der Waals surface area (Å²) in [6, 6.07) is 10.3. The molecule has 0 aliphatic rings. The summed E-state index contributed by atoms with van der Waals surface area (Å²) < 4.78 is 12.6. The average Bonchev–Trinajstić information content (AvgIpc) is 3.15. The van der Waals surface area contributed by atoms with Crippen LogP contribution in [0.1, 0.15) is 17.4 Å². The summed E-state index contributed by atoms with van der Waals surface area (Å²) in [5, 5.41) is 2.04. The number of aromatic nitrogens is 2. The lowest BCUT2D eigenvalue weighted by Gasteiger charge is -2.19. The number of nitrogens with zero attached hydrogens (tertiary/aromatic N) is 3. The number of hydrogen-bond acceptors (Lipinski definition) is 6. The van der Waals surface area contributed by atoms with Crippen LogP contribution in [0.15, 0.2) is 48.9 Å². The third-order valence-corrected chi connectivity index (χ3v) is 6.01. The Kier molecular flexibility index (Phi) is 5.41. The van der Waals surface area contributed by atoms with Gasteiger partial charge in [-0.25, -0.2) is 0 Å². The zero-order valence-electron chi connectivity index (χ0n) is 16.3. The van der Waals surface area contributed by atoms with Crippen LogP contribution in [0.2, 0.25) is 0 Å². The average molecular weight is 394 g/mol. The molecule has 4 aromatic rings. The molecule has 0 spiro atoms. The Labute approximate surface area is 168 Å². The summed E-state index contributed by atoms with van der Waals surface area (Å²) in [5.74, 6) is 1.68. The van der Waals surface area contributed by atoms with Gasteiger partial charge in [-0.3, -0.25) is 14.9 Å². The summed E-state index contributed by atoms with van der Waals surface area (Å²) >= 11 is 1.76. The Morgan fingerprint density at radius 2 is 1.75 bits per heavy atom. The molecule has 28 heavy (non-hydrogen) atoms. The van der Waals surface area contributed by atoms with Crippen molar-refractivity contribution in [2.75, 3.05) is 20.8 Å². The maximum atomic E-state index is 5.77. The van der Waals surface area contributed by atoms with Gasteiger partial charge >= 0.3 is 0 Å².